The van der Waals surface area contributed by atoms with Crippen molar-refractivity contribution in [3.8, 4) is 6.07 Å². The van der Waals surface area contributed by atoms with Gasteiger partial charge in [0.05, 0.1) is 11.3 Å². The first-order chi connectivity index (χ1) is 9.10. The Morgan fingerprint density at radius 1 is 1.58 bits per heavy atom. The molecule has 1 aromatic carbocycles. The van der Waals surface area contributed by atoms with Crippen LogP contribution in [0.5, 0.6) is 0 Å². The van der Waals surface area contributed by atoms with Crippen LogP contribution in [0.25, 0.3) is 0 Å². The molecule has 1 unspecified atom stereocenters. The molecule has 0 amide bonds. The van der Waals surface area contributed by atoms with E-state index in [0.717, 1.165) is 19.4 Å². The molecule has 1 N–H and O–H groups in total. The van der Waals surface area contributed by atoms with Crippen molar-refractivity contribution in [2.45, 2.75) is 19.3 Å². The molecule has 0 bridgehead atoms. The van der Waals surface area contributed by atoms with E-state index in [1.165, 1.54) is 12.1 Å². The lowest BCUT2D eigenvalue weighted by Gasteiger charge is -2.34. The van der Waals surface area contributed by atoms with E-state index in [2.05, 4.69) is 0 Å². The summed E-state index contributed by atoms with van der Waals surface area (Å²) in [5.41, 5.74) is 0.995. The Hall–Kier alpha value is -2.09. The van der Waals surface area contributed by atoms with E-state index in [0.29, 0.717) is 17.8 Å². The average Bonchev–Trinajstić information content (AvgIpc) is 2.38. The molecule has 2 rings (SSSR count). The fourth-order valence-corrected chi connectivity index (χ4v) is 2.57. The second-order valence-electron chi connectivity index (χ2n) is 4.83. The van der Waals surface area contributed by atoms with Crippen molar-refractivity contribution >= 4 is 11.7 Å². The molecule has 1 aliphatic heterocycles. The monoisotopic (exact) mass is 262 g/mol. The molecule has 0 saturated carbocycles. The Morgan fingerprint density at radius 2 is 2.37 bits per heavy atom. The van der Waals surface area contributed by atoms with Crippen LogP contribution in [0.4, 0.5) is 10.1 Å². The molecule has 1 heterocycles. The van der Waals surface area contributed by atoms with Crippen molar-refractivity contribution in [3.05, 3.63) is 29.6 Å². The van der Waals surface area contributed by atoms with Crippen LogP contribution in [0.15, 0.2) is 18.2 Å². The number of carboxylic acid groups (broad SMARTS) is 1. The van der Waals surface area contributed by atoms with Gasteiger partial charge in [-0.3, -0.25) is 4.79 Å². The van der Waals surface area contributed by atoms with Crippen LogP contribution in [-0.2, 0) is 4.79 Å². The molecule has 0 aliphatic carbocycles. The number of halogens is 1. The van der Waals surface area contributed by atoms with Crippen molar-refractivity contribution in [1.29, 1.82) is 5.26 Å². The molecule has 4 nitrogen and oxygen atoms in total. The van der Waals surface area contributed by atoms with Crippen molar-refractivity contribution in [1.82, 2.24) is 0 Å². The van der Waals surface area contributed by atoms with Crippen LogP contribution in [0, 0.1) is 23.1 Å². The average molecular weight is 262 g/mol. The third kappa shape index (κ3) is 3.22. The molecular formula is C14H15FN2O2. The van der Waals surface area contributed by atoms with Gasteiger partial charge in [-0.25, -0.2) is 4.39 Å². The summed E-state index contributed by atoms with van der Waals surface area (Å²) in [5.74, 6) is -1.14. The van der Waals surface area contributed by atoms with Gasteiger partial charge < -0.3 is 10.0 Å². The van der Waals surface area contributed by atoms with E-state index in [9.17, 15) is 9.18 Å². The summed E-state index contributed by atoms with van der Waals surface area (Å²) >= 11 is 0. The van der Waals surface area contributed by atoms with Gasteiger partial charge in [0.2, 0.25) is 0 Å². The maximum absolute atomic E-state index is 13.1. The summed E-state index contributed by atoms with van der Waals surface area (Å²) in [4.78, 5) is 12.7. The highest BCUT2D eigenvalue weighted by Crippen LogP contribution is 2.28. The third-order valence-electron chi connectivity index (χ3n) is 3.40. The number of nitrogens with zero attached hydrogens (tertiary/aromatic N) is 2. The Balaban J connectivity index is 2.17. The molecular weight excluding hydrogens is 247 g/mol. The first-order valence-corrected chi connectivity index (χ1v) is 6.26. The van der Waals surface area contributed by atoms with Crippen LogP contribution in [0.2, 0.25) is 0 Å². The van der Waals surface area contributed by atoms with Crippen LogP contribution in [0.3, 0.4) is 0 Å². The minimum Gasteiger partial charge on any atom is -0.481 e. The highest BCUT2D eigenvalue weighted by molar-refractivity contribution is 5.67. The zero-order valence-electron chi connectivity index (χ0n) is 10.5. The maximum Gasteiger partial charge on any atom is 0.303 e. The number of carboxylic acids is 1. The summed E-state index contributed by atoms with van der Waals surface area (Å²) in [5, 5.41) is 17.9. The molecule has 0 aromatic heterocycles. The normalized spacial score (nSPS) is 18.9. The minimum absolute atomic E-state index is 0.0860. The molecule has 19 heavy (non-hydrogen) atoms. The first-order valence-electron chi connectivity index (χ1n) is 6.26. The molecule has 1 fully saturated rings. The van der Waals surface area contributed by atoms with E-state index in [1.807, 2.05) is 11.0 Å². The molecule has 100 valence electrons. The number of aliphatic carboxylic acids is 1. The van der Waals surface area contributed by atoms with Gasteiger partial charge in [-0.05, 0) is 37.0 Å². The van der Waals surface area contributed by atoms with E-state index >= 15 is 0 Å². The summed E-state index contributed by atoms with van der Waals surface area (Å²) in [6, 6.07) is 6.13. The van der Waals surface area contributed by atoms with Gasteiger partial charge in [0.1, 0.15) is 11.9 Å². The number of nitriles is 1. The molecule has 1 aliphatic rings. The largest absolute Gasteiger partial charge is 0.481 e. The van der Waals surface area contributed by atoms with Crippen LogP contribution >= 0.6 is 0 Å². The third-order valence-corrected chi connectivity index (χ3v) is 3.40. The van der Waals surface area contributed by atoms with Crippen LogP contribution < -0.4 is 4.90 Å². The Kier molecular flexibility index (Phi) is 4.00. The van der Waals surface area contributed by atoms with Crippen LogP contribution in [0.1, 0.15) is 24.8 Å². The Bertz CT molecular complexity index is 525. The lowest BCUT2D eigenvalue weighted by Crippen LogP contribution is -2.36. The van der Waals surface area contributed by atoms with E-state index in [-0.39, 0.29) is 12.3 Å². The molecule has 5 heteroatoms. The zero-order valence-corrected chi connectivity index (χ0v) is 10.5. The van der Waals surface area contributed by atoms with Gasteiger partial charge in [0.25, 0.3) is 0 Å². The number of carbonyl (C=O) groups is 1. The Labute approximate surface area is 111 Å². The molecule has 1 aromatic rings. The number of hydrogen-bond donors (Lipinski definition) is 1. The number of rotatable bonds is 3. The van der Waals surface area contributed by atoms with Gasteiger partial charge in [-0.1, -0.05) is 0 Å². The first kappa shape index (κ1) is 13.3. The van der Waals surface area contributed by atoms with Gasteiger partial charge in [0.15, 0.2) is 0 Å². The smallest absolute Gasteiger partial charge is 0.303 e. The Morgan fingerprint density at radius 3 is 3.05 bits per heavy atom. The van der Waals surface area contributed by atoms with Gasteiger partial charge in [0, 0.05) is 19.5 Å². The second-order valence-corrected chi connectivity index (χ2v) is 4.83. The minimum atomic E-state index is -0.800. The number of anilines is 1. The standard InChI is InChI=1S/C14H15FN2O2/c15-12-3-4-13(11(7-12)8-16)17-5-1-2-10(9-17)6-14(18)19/h3-4,7,10H,1-2,5-6,9H2,(H,18,19). The van der Waals surface area contributed by atoms with Gasteiger partial charge >= 0.3 is 5.97 Å². The fourth-order valence-electron chi connectivity index (χ4n) is 2.57. The topological polar surface area (TPSA) is 64.3 Å². The molecule has 0 spiro atoms. The highest BCUT2D eigenvalue weighted by Gasteiger charge is 2.23. The molecule has 0 radical (unpaired) electrons. The van der Waals surface area contributed by atoms with Crippen LogP contribution in [-0.4, -0.2) is 24.2 Å². The van der Waals surface area contributed by atoms with Crippen molar-refractivity contribution < 1.29 is 14.3 Å². The van der Waals surface area contributed by atoms with Gasteiger partial charge in [-0.2, -0.15) is 5.26 Å². The predicted octanol–water partition coefficient (Wildman–Crippen LogP) is 2.39. The fraction of sp³-hybridized carbons (Fsp3) is 0.429. The lowest BCUT2D eigenvalue weighted by molar-refractivity contribution is -0.138. The zero-order chi connectivity index (χ0) is 13.8. The summed E-state index contributed by atoms with van der Waals surface area (Å²) < 4.78 is 13.1. The SMILES string of the molecule is N#Cc1cc(F)ccc1N1CCCC(CC(=O)O)C1. The van der Waals surface area contributed by atoms with E-state index < -0.39 is 11.8 Å². The van der Waals surface area contributed by atoms with Crippen molar-refractivity contribution in [2.75, 3.05) is 18.0 Å². The summed E-state index contributed by atoms with van der Waals surface area (Å²) in [6.45, 7) is 1.38. The van der Waals surface area contributed by atoms with E-state index in [1.54, 1.807) is 6.07 Å². The number of hydrogen-bond acceptors (Lipinski definition) is 3. The van der Waals surface area contributed by atoms with E-state index in [4.69, 9.17) is 10.4 Å². The molecule has 1 atom stereocenters. The predicted molar refractivity (Wildman–Crippen MR) is 68.3 cm³/mol. The molecule has 1 saturated heterocycles. The van der Waals surface area contributed by atoms with Crippen molar-refractivity contribution in [2.24, 2.45) is 5.92 Å². The van der Waals surface area contributed by atoms with Crippen molar-refractivity contribution in [3.63, 3.8) is 0 Å². The lowest BCUT2D eigenvalue weighted by atomic mass is 9.94. The maximum atomic E-state index is 13.1. The quantitative estimate of drug-likeness (QED) is 0.908. The summed E-state index contributed by atoms with van der Waals surface area (Å²) in [7, 11) is 0. The van der Waals surface area contributed by atoms with Gasteiger partial charge in [-0.15, -0.1) is 0 Å². The highest BCUT2D eigenvalue weighted by atomic mass is 19.1. The number of benzene rings is 1. The summed E-state index contributed by atoms with van der Waals surface area (Å²) in [6.07, 6.45) is 1.91. The second kappa shape index (κ2) is 5.70. The number of piperidine rings is 1.